The zero-order valence-electron chi connectivity index (χ0n) is 32.9. The Morgan fingerprint density at radius 1 is 0.604 bits per heavy atom. The number of rotatable bonds is 37. The number of phosphoric acid groups is 1. The Hall–Kier alpha value is -2.36. The van der Waals surface area contributed by atoms with Crippen molar-refractivity contribution in [2.45, 2.75) is 148 Å². The number of allylic oxidation sites excluding steroid dienone is 14. The molecule has 0 fully saturated rings. The first-order valence-corrected chi connectivity index (χ1v) is 21.6. The van der Waals surface area contributed by atoms with Crippen LogP contribution in [0.4, 0.5) is 0 Å². The molecule has 0 aliphatic heterocycles. The first-order valence-electron chi connectivity index (χ1n) is 20.1. The molecule has 10 heteroatoms. The van der Waals surface area contributed by atoms with Crippen LogP contribution in [-0.2, 0) is 27.9 Å². The van der Waals surface area contributed by atoms with E-state index in [1.165, 1.54) is 6.42 Å². The van der Waals surface area contributed by atoms with Crippen LogP contribution in [0.25, 0.3) is 0 Å². The predicted octanol–water partition coefficient (Wildman–Crippen LogP) is 10.7. The van der Waals surface area contributed by atoms with Gasteiger partial charge in [0.2, 0.25) is 0 Å². The number of phosphoric ester groups is 1. The molecule has 3 N–H and O–H groups in total. The molecule has 0 rings (SSSR count). The molecule has 0 amide bonds. The number of aliphatic hydroxyl groups excluding tert-OH is 2. The van der Waals surface area contributed by atoms with E-state index in [0.717, 1.165) is 103 Å². The molecule has 0 saturated carbocycles. The van der Waals surface area contributed by atoms with Gasteiger partial charge < -0.3 is 24.6 Å². The van der Waals surface area contributed by atoms with Crippen LogP contribution in [0.2, 0.25) is 0 Å². The van der Waals surface area contributed by atoms with Crippen molar-refractivity contribution in [1.29, 1.82) is 0 Å². The molecular weight excluding hydrogens is 691 g/mol. The van der Waals surface area contributed by atoms with E-state index >= 15 is 0 Å². The van der Waals surface area contributed by atoms with Gasteiger partial charge in [-0.2, -0.15) is 0 Å². The maximum atomic E-state index is 12.5. The number of aliphatic hydroxyl groups is 2. The molecule has 0 radical (unpaired) electrons. The van der Waals surface area contributed by atoms with Crippen LogP contribution >= 0.6 is 7.82 Å². The van der Waals surface area contributed by atoms with Gasteiger partial charge in [-0.15, -0.1) is 0 Å². The Kier molecular flexibility index (Phi) is 37.6. The van der Waals surface area contributed by atoms with Gasteiger partial charge in [0.1, 0.15) is 12.2 Å². The highest BCUT2D eigenvalue weighted by atomic mass is 31.2. The summed E-state index contributed by atoms with van der Waals surface area (Å²) in [6, 6.07) is 0. The average Bonchev–Trinajstić information content (AvgIpc) is 3.15. The lowest BCUT2D eigenvalue weighted by molar-refractivity contribution is -0.154. The lowest BCUT2D eigenvalue weighted by atomic mass is 10.1. The number of carbonyl (C=O) groups is 1. The van der Waals surface area contributed by atoms with Gasteiger partial charge in [-0.1, -0.05) is 131 Å². The first kappa shape index (κ1) is 50.6. The van der Waals surface area contributed by atoms with Gasteiger partial charge in [-0.05, 0) is 83.5 Å². The molecule has 0 spiro atoms. The normalized spacial score (nSPS) is 15.0. The summed E-state index contributed by atoms with van der Waals surface area (Å²) < 4.78 is 33.2. The topological polar surface area (TPSA) is 132 Å². The second-order valence-electron chi connectivity index (χ2n) is 12.9. The monoisotopic (exact) mass is 764 g/mol. The molecule has 3 atom stereocenters. The fourth-order valence-corrected chi connectivity index (χ4v) is 5.56. The molecule has 0 heterocycles. The Morgan fingerprint density at radius 2 is 1.08 bits per heavy atom. The Morgan fingerprint density at radius 3 is 1.64 bits per heavy atom. The lowest BCUT2D eigenvalue weighted by Gasteiger charge is -2.20. The Balaban J connectivity index is 4.26. The third-order valence-electron chi connectivity index (χ3n) is 7.80. The molecular formula is C43H73O9P. The molecule has 53 heavy (non-hydrogen) atoms. The second kappa shape index (κ2) is 39.3. The molecule has 0 aliphatic carbocycles. The molecule has 0 saturated heterocycles. The van der Waals surface area contributed by atoms with E-state index in [1.807, 2.05) is 0 Å². The number of ether oxygens (including phenoxy) is 2. The van der Waals surface area contributed by atoms with E-state index in [1.54, 1.807) is 0 Å². The van der Waals surface area contributed by atoms with Gasteiger partial charge in [-0.25, -0.2) is 4.57 Å². The number of carbonyl (C=O) groups excluding carboxylic acids is 1. The van der Waals surface area contributed by atoms with E-state index in [4.69, 9.17) is 23.6 Å². The molecule has 304 valence electrons. The summed E-state index contributed by atoms with van der Waals surface area (Å²) in [5.41, 5.74) is 0. The largest absolute Gasteiger partial charge is 0.472 e. The van der Waals surface area contributed by atoms with Crippen molar-refractivity contribution in [2.75, 3.05) is 33.0 Å². The zero-order valence-corrected chi connectivity index (χ0v) is 33.8. The van der Waals surface area contributed by atoms with Crippen molar-refractivity contribution in [3.05, 3.63) is 85.1 Å². The smallest absolute Gasteiger partial charge is 0.457 e. The highest BCUT2D eigenvalue weighted by molar-refractivity contribution is 7.47. The van der Waals surface area contributed by atoms with E-state index in [9.17, 15) is 19.4 Å². The summed E-state index contributed by atoms with van der Waals surface area (Å²) in [6.45, 7) is 3.20. The van der Waals surface area contributed by atoms with E-state index in [2.05, 4.69) is 98.9 Å². The fourth-order valence-electron chi connectivity index (χ4n) is 4.77. The molecule has 0 aromatic carbocycles. The van der Waals surface area contributed by atoms with Crippen molar-refractivity contribution in [1.82, 2.24) is 0 Å². The molecule has 0 bridgehead atoms. The van der Waals surface area contributed by atoms with Crippen molar-refractivity contribution in [3.63, 3.8) is 0 Å². The maximum Gasteiger partial charge on any atom is 0.472 e. The zero-order chi connectivity index (χ0) is 38.9. The van der Waals surface area contributed by atoms with Crippen molar-refractivity contribution < 1.29 is 43.0 Å². The summed E-state index contributed by atoms with van der Waals surface area (Å²) in [5, 5.41) is 18.3. The van der Waals surface area contributed by atoms with Crippen LogP contribution in [0.3, 0.4) is 0 Å². The number of hydrogen-bond donors (Lipinski definition) is 3. The summed E-state index contributed by atoms with van der Waals surface area (Å²) >= 11 is 0. The minimum atomic E-state index is -4.53. The highest BCUT2D eigenvalue weighted by Crippen LogP contribution is 2.43. The average molecular weight is 765 g/mol. The van der Waals surface area contributed by atoms with Crippen LogP contribution < -0.4 is 0 Å². The van der Waals surface area contributed by atoms with Crippen molar-refractivity contribution in [2.24, 2.45) is 0 Å². The van der Waals surface area contributed by atoms with Crippen LogP contribution in [0.15, 0.2) is 85.1 Å². The molecule has 0 aliphatic rings. The van der Waals surface area contributed by atoms with Crippen LogP contribution in [0.1, 0.15) is 136 Å². The standard InChI is InChI=1S/C43H73O9P/c1-3-5-7-9-11-13-15-16-17-18-19-20-21-22-23-24-25-26-28-30-32-34-36-49-39-42(40-51-53(47,48)50-38-41(45)37-44)52-43(46)35-33-31-29-27-14-12-10-8-6-4-2/h5,7-8,10-11,13,16-17,19-20,22-23,25-26,41-42,44-45H,3-4,6,9,12,14-15,18,21,24,27-40H2,1-2H3,(H,47,48)/b7-5-,10-8-,13-11-,17-16-,20-19-,23-22-,26-25-. The lowest BCUT2D eigenvalue weighted by Crippen LogP contribution is -2.29. The van der Waals surface area contributed by atoms with Gasteiger partial charge >= 0.3 is 13.8 Å². The van der Waals surface area contributed by atoms with Crippen molar-refractivity contribution >= 4 is 13.8 Å². The molecule has 3 unspecified atom stereocenters. The second-order valence-corrected chi connectivity index (χ2v) is 14.4. The third-order valence-corrected chi connectivity index (χ3v) is 8.75. The quantitative estimate of drug-likeness (QED) is 0.0245. The maximum absolute atomic E-state index is 12.5. The van der Waals surface area contributed by atoms with Gasteiger partial charge in [0.25, 0.3) is 0 Å². The summed E-state index contributed by atoms with van der Waals surface area (Å²) in [5.74, 6) is -0.412. The number of esters is 1. The Bertz CT molecular complexity index is 1090. The first-order chi connectivity index (χ1) is 25.8. The van der Waals surface area contributed by atoms with Crippen LogP contribution in [-0.4, -0.2) is 66.3 Å². The third kappa shape index (κ3) is 39.2. The van der Waals surface area contributed by atoms with Crippen LogP contribution in [0.5, 0.6) is 0 Å². The minimum Gasteiger partial charge on any atom is -0.457 e. The predicted molar refractivity (Wildman–Crippen MR) is 219 cm³/mol. The van der Waals surface area contributed by atoms with E-state index in [0.29, 0.717) is 13.0 Å². The summed E-state index contributed by atoms with van der Waals surface area (Å²) in [6.07, 6.45) is 47.0. The molecule has 0 aromatic heterocycles. The summed E-state index contributed by atoms with van der Waals surface area (Å²) in [4.78, 5) is 22.4. The van der Waals surface area contributed by atoms with E-state index in [-0.39, 0.29) is 13.0 Å². The minimum absolute atomic E-state index is 0.0176. The Labute approximate surface area is 322 Å². The van der Waals surface area contributed by atoms with Crippen molar-refractivity contribution in [3.8, 4) is 0 Å². The van der Waals surface area contributed by atoms with E-state index < -0.39 is 45.8 Å². The fraction of sp³-hybridized carbons (Fsp3) is 0.651. The molecule has 0 aromatic rings. The number of unbranched alkanes of at least 4 members (excludes halogenated alkanes) is 9. The van der Waals surface area contributed by atoms with Gasteiger partial charge in [0.15, 0.2) is 0 Å². The van der Waals surface area contributed by atoms with Gasteiger partial charge in [-0.3, -0.25) is 13.8 Å². The van der Waals surface area contributed by atoms with Gasteiger partial charge in [0.05, 0.1) is 26.4 Å². The SMILES string of the molecule is CC/C=C\C/C=C\C/C=C\C/C=C\C/C=C\C/C=C\CCCCCOCC(COP(=O)(O)OCC(O)CO)OC(=O)CCCCCCC/C=C\CCC. The highest BCUT2D eigenvalue weighted by Gasteiger charge is 2.26. The molecule has 9 nitrogen and oxygen atoms in total. The number of hydrogen-bond acceptors (Lipinski definition) is 8. The van der Waals surface area contributed by atoms with Crippen LogP contribution in [0, 0.1) is 0 Å². The van der Waals surface area contributed by atoms with Gasteiger partial charge in [0, 0.05) is 13.0 Å². The summed E-state index contributed by atoms with van der Waals surface area (Å²) in [7, 11) is -4.53.